The van der Waals surface area contributed by atoms with Gasteiger partial charge in [-0.25, -0.2) is 4.79 Å². The number of barbiturate groups is 1. The summed E-state index contributed by atoms with van der Waals surface area (Å²) in [5, 5.41) is 2.36. The first-order valence-electron chi connectivity index (χ1n) is 7.32. The van der Waals surface area contributed by atoms with Crippen LogP contribution in [0.1, 0.15) is 38.5 Å². The minimum Gasteiger partial charge on any atom is -0.381 e. The first-order chi connectivity index (χ1) is 9.61. The fraction of sp³-hybridized carbons (Fsp3) is 0.786. The highest BCUT2D eigenvalue weighted by Gasteiger charge is 2.49. The van der Waals surface area contributed by atoms with Crippen molar-refractivity contribution in [2.75, 3.05) is 7.11 Å². The molecule has 20 heavy (non-hydrogen) atoms. The van der Waals surface area contributed by atoms with Gasteiger partial charge in [-0.05, 0) is 31.6 Å². The molecule has 1 unspecified atom stereocenters. The Balaban J connectivity index is 1.75. The summed E-state index contributed by atoms with van der Waals surface area (Å²) in [6, 6.07) is -0.682. The second-order valence-electron chi connectivity index (χ2n) is 6.01. The fourth-order valence-corrected chi connectivity index (χ4v) is 3.60. The zero-order valence-corrected chi connectivity index (χ0v) is 11.6. The van der Waals surface area contributed by atoms with Crippen molar-refractivity contribution in [3.05, 3.63) is 0 Å². The minimum absolute atomic E-state index is 0.0939. The lowest BCUT2D eigenvalue weighted by Crippen LogP contribution is -2.64. The van der Waals surface area contributed by atoms with E-state index in [1.807, 2.05) is 0 Å². The molecule has 0 spiro atoms. The predicted molar refractivity (Wildman–Crippen MR) is 69.7 cm³/mol. The summed E-state index contributed by atoms with van der Waals surface area (Å²) in [7, 11) is 1.63. The molecule has 2 saturated carbocycles. The van der Waals surface area contributed by atoms with Crippen LogP contribution in [0.25, 0.3) is 0 Å². The number of methoxy groups -OCH3 is 1. The third-order valence-electron chi connectivity index (χ3n) is 4.87. The number of amides is 4. The Morgan fingerprint density at radius 1 is 1.15 bits per heavy atom. The molecule has 1 heterocycles. The lowest BCUT2D eigenvalue weighted by Gasteiger charge is -2.44. The molecule has 0 aromatic carbocycles. The summed E-state index contributed by atoms with van der Waals surface area (Å²) >= 11 is 0. The topological polar surface area (TPSA) is 75.7 Å². The summed E-state index contributed by atoms with van der Waals surface area (Å²) < 4.78 is 5.19. The summed E-state index contributed by atoms with van der Waals surface area (Å²) in [4.78, 5) is 37.8. The zero-order valence-electron chi connectivity index (χ0n) is 11.6. The van der Waals surface area contributed by atoms with Crippen LogP contribution < -0.4 is 5.32 Å². The van der Waals surface area contributed by atoms with Crippen LogP contribution in [0.5, 0.6) is 0 Å². The monoisotopic (exact) mass is 280 g/mol. The highest BCUT2D eigenvalue weighted by atomic mass is 16.5. The molecule has 1 atom stereocenters. The van der Waals surface area contributed by atoms with Crippen molar-refractivity contribution >= 4 is 17.8 Å². The maximum absolute atomic E-state index is 12.6. The molecular formula is C14H20N2O4. The number of carbonyl (C=O) groups excluding carboxylic acids is 3. The Bertz CT molecular complexity index is 438. The van der Waals surface area contributed by atoms with E-state index in [1.165, 1.54) is 4.90 Å². The number of hydrogen-bond donors (Lipinski definition) is 1. The summed E-state index contributed by atoms with van der Waals surface area (Å²) in [6.45, 7) is 0. The zero-order chi connectivity index (χ0) is 14.3. The summed E-state index contributed by atoms with van der Waals surface area (Å²) in [5.41, 5.74) is 0. The van der Waals surface area contributed by atoms with Gasteiger partial charge >= 0.3 is 6.03 Å². The quantitative estimate of drug-likeness (QED) is 0.784. The first kappa shape index (κ1) is 13.5. The number of imide groups is 2. The summed E-state index contributed by atoms with van der Waals surface area (Å²) in [6.07, 6.45) is 5.37. The van der Waals surface area contributed by atoms with Gasteiger partial charge in [0.15, 0.2) is 0 Å². The van der Waals surface area contributed by atoms with Crippen molar-refractivity contribution in [1.29, 1.82) is 0 Å². The fourth-order valence-electron chi connectivity index (χ4n) is 3.60. The SMILES string of the molecule is COC1CC(N2C(=O)NC(=O)C(C3CCCC3)C2=O)C1. The van der Waals surface area contributed by atoms with Crippen molar-refractivity contribution < 1.29 is 19.1 Å². The van der Waals surface area contributed by atoms with Gasteiger partial charge in [0.1, 0.15) is 5.92 Å². The van der Waals surface area contributed by atoms with E-state index < -0.39 is 17.9 Å². The largest absolute Gasteiger partial charge is 0.381 e. The van der Waals surface area contributed by atoms with Gasteiger partial charge in [-0.15, -0.1) is 0 Å². The van der Waals surface area contributed by atoms with Crippen molar-refractivity contribution in [2.45, 2.75) is 50.7 Å². The van der Waals surface area contributed by atoms with Crippen molar-refractivity contribution in [2.24, 2.45) is 11.8 Å². The Labute approximate surface area is 117 Å². The van der Waals surface area contributed by atoms with Gasteiger partial charge in [-0.1, -0.05) is 12.8 Å². The summed E-state index contributed by atoms with van der Waals surface area (Å²) in [5.74, 6) is -1.29. The molecule has 0 aromatic rings. The molecule has 6 heteroatoms. The van der Waals surface area contributed by atoms with Crippen molar-refractivity contribution in [3.63, 3.8) is 0 Å². The molecule has 110 valence electrons. The van der Waals surface area contributed by atoms with E-state index in [-0.39, 0.29) is 24.0 Å². The van der Waals surface area contributed by atoms with Crippen LogP contribution in [0.4, 0.5) is 4.79 Å². The van der Waals surface area contributed by atoms with Crippen LogP contribution in [0.15, 0.2) is 0 Å². The Hall–Kier alpha value is -1.43. The third-order valence-corrected chi connectivity index (χ3v) is 4.87. The molecule has 3 aliphatic rings. The number of nitrogens with one attached hydrogen (secondary N) is 1. The Kier molecular flexibility index (Phi) is 3.50. The highest BCUT2D eigenvalue weighted by molar-refractivity contribution is 6.16. The molecule has 3 fully saturated rings. The molecule has 6 nitrogen and oxygen atoms in total. The van der Waals surface area contributed by atoms with E-state index in [2.05, 4.69) is 5.32 Å². The number of carbonyl (C=O) groups is 3. The van der Waals surface area contributed by atoms with Crippen LogP contribution in [-0.2, 0) is 14.3 Å². The minimum atomic E-state index is -0.670. The van der Waals surface area contributed by atoms with E-state index in [1.54, 1.807) is 7.11 Å². The Morgan fingerprint density at radius 3 is 2.40 bits per heavy atom. The third kappa shape index (κ3) is 2.12. The maximum Gasteiger partial charge on any atom is 0.331 e. The maximum atomic E-state index is 12.6. The molecule has 1 N–H and O–H groups in total. The molecule has 3 rings (SSSR count). The van der Waals surface area contributed by atoms with Gasteiger partial charge in [-0.2, -0.15) is 0 Å². The van der Waals surface area contributed by atoms with E-state index >= 15 is 0 Å². The van der Waals surface area contributed by atoms with Crippen LogP contribution in [0, 0.1) is 11.8 Å². The van der Waals surface area contributed by atoms with Crippen LogP contribution >= 0.6 is 0 Å². The number of nitrogens with zero attached hydrogens (tertiary/aromatic N) is 1. The number of ether oxygens (including phenoxy) is 1. The number of urea groups is 1. The van der Waals surface area contributed by atoms with Gasteiger partial charge in [0.2, 0.25) is 11.8 Å². The molecular weight excluding hydrogens is 260 g/mol. The number of hydrogen-bond acceptors (Lipinski definition) is 4. The van der Waals surface area contributed by atoms with Crippen LogP contribution in [0.2, 0.25) is 0 Å². The molecule has 0 radical (unpaired) electrons. The molecule has 1 saturated heterocycles. The standard InChI is InChI=1S/C14H20N2O4/c1-20-10-6-9(7-10)16-13(18)11(8-4-2-3-5-8)12(17)15-14(16)19/h8-11H,2-7H2,1H3,(H,15,17,19). The highest BCUT2D eigenvalue weighted by Crippen LogP contribution is 2.36. The van der Waals surface area contributed by atoms with E-state index in [4.69, 9.17) is 4.74 Å². The molecule has 2 aliphatic carbocycles. The molecule has 4 amide bonds. The molecule has 0 bridgehead atoms. The normalized spacial score (nSPS) is 35.1. The van der Waals surface area contributed by atoms with Crippen molar-refractivity contribution in [3.8, 4) is 0 Å². The van der Waals surface area contributed by atoms with E-state index in [0.717, 1.165) is 25.7 Å². The van der Waals surface area contributed by atoms with Gasteiger partial charge in [0, 0.05) is 13.2 Å². The van der Waals surface area contributed by atoms with Crippen LogP contribution in [-0.4, -0.2) is 42.0 Å². The second-order valence-corrected chi connectivity index (χ2v) is 6.01. The van der Waals surface area contributed by atoms with E-state index in [0.29, 0.717) is 12.8 Å². The van der Waals surface area contributed by atoms with E-state index in [9.17, 15) is 14.4 Å². The van der Waals surface area contributed by atoms with Gasteiger partial charge in [-0.3, -0.25) is 19.8 Å². The predicted octanol–water partition coefficient (Wildman–Crippen LogP) is 1.05. The molecule has 0 aromatic heterocycles. The van der Waals surface area contributed by atoms with Gasteiger partial charge in [0.25, 0.3) is 0 Å². The van der Waals surface area contributed by atoms with Gasteiger partial charge in [0.05, 0.1) is 6.10 Å². The lowest BCUT2D eigenvalue weighted by molar-refractivity contribution is -0.149. The molecule has 1 aliphatic heterocycles. The van der Waals surface area contributed by atoms with Crippen LogP contribution in [0.3, 0.4) is 0 Å². The average Bonchev–Trinajstić information content (AvgIpc) is 2.85. The smallest absolute Gasteiger partial charge is 0.331 e. The van der Waals surface area contributed by atoms with Crippen molar-refractivity contribution in [1.82, 2.24) is 10.2 Å². The number of rotatable bonds is 3. The average molecular weight is 280 g/mol. The Morgan fingerprint density at radius 2 is 1.80 bits per heavy atom. The first-order valence-corrected chi connectivity index (χ1v) is 7.32. The lowest BCUT2D eigenvalue weighted by atomic mass is 9.83. The van der Waals surface area contributed by atoms with Gasteiger partial charge < -0.3 is 4.74 Å². The second kappa shape index (κ2) is 5.16.